The van der Waals surface area contributed by atoms with Crippen LogP contribution in [0, 0.1) is 10.1 Å². The molecule has 0 aliphatic heterocycles. The lowest BCUT2D eigenvalue weighted by Gasteiger charge is -2.05. The Morgan fingerprint density at radius 3 is 2.86 bits per heavy atom. The van der Waals surface area contributed by atoms with Gasteiger partial charge < -0.3 is 10.1 Å². The lowest BCUT2D eigenvalue weighted by molar-refractivity contribution is -0.394. The number of hydrogen-bond donors (Lipinski definition) is 0. The van der Waals surface area contributed by atoms with Crippen molar-refractivity contribution in [2.24, 2.45) is 0 Å². The minimum absolute atomic E-state index is 0.450. The number of fused-ring (bicyclic) bond motifs is 1. The second kappa shape index (κ2) is 5.37. The summed E-state index contributed by atoms with van der Waals surface area (Å²) in [4.78, 5) is 22.5. The molecule has 21 heavy (non-hydrogen) atoms. The summed E-state index contributed by atoms with van der Waals surface area (Å²) in [5.74, 6) is -0.0197. The van der Waals surface area contributed by atoms with Crippen LogP contribution in [0.3, 0.4) is 0 Å². The molecule has 0 saturated heterocycles. The van der Waals surface area contributed by atoms with E-state index in [9.17, 15) is 10.1 Å². The Bertz CT molecular complexity index is 852. The molecule has 3 rings (SSSR count). The predicted molar refractivity (Wildman–Crippen MR) is 80.6 cm³/mol. The molecule has 0 fully saturated rings. The quantitative estimate of drug-likeness (QED) is 0.304. The maximum absolute atomic E-state index is 10.7. The number of nitrogens with zero attached hydrogens (tertiary/aromatic N) is 6. The zero-order valence-corrected chi connectivity index (χ0v) is 13.0. The summed E-state index contributed by atoms with van der Waals surface area (Å²) in [5, 5.41) is 15.8. The van der Waals surface area contributed by atoms with Gasteiger partial charge in [-0.15, -0.1) is 4.68 Å². The molecule has 0 saturated carbocycles. The molecule has 0 spiro atoms. The van der Waals surface area contributed by atoms with Crippen molar-refractivity contribution in [1.82, 2.24) is 24.7 Å². The Balaban J connectivity index is 2.27. The molecule has 0 radical (unpaired) electrons. The van der Waals surface area contributed by atoms with Crippen molar-refractivity contribution in [3.8, 4) is 5.82 Å². The highest BCUT2D eigenvalue weighted by atomic mass is 79.9. The highest BCUT2D eigenvalue weighted by molar-refractivity contribution is 9.10. The van der Waals surface area contributed by atoms with Gasteiger partial charge in [0.05, 0.1) is 5.52 Å². The van der Waals surface area contributed by atoms with E-state index in [2.05, 4.69) is 36.0 Å². The fourth-order valence-corrected chi connectivity index (χ4v) is 2.50. The number of benzene rings is 1. The molecule has 106 valence electrons. The van der Waals surface area contributed by atoms with E-state index in [1.54, 1.807) is 0 Å². The number of aromatic nitrogens is 5. The van der Waals surface area contributed by atoms with Crippen LogP contribution in [0.25, 0.3) is 16.7 Å². The van der Waals surface area contributed by atoms with E-state index in [0.29, 0.717) is 11.0 Å². The lowest BCUT2D eigenvalue weighted by atomic mass is 10.2. The van der Waals surface area contributed by atoms with E-state index in [1.165, 1.54) is 22.8 Å². The summed E-state index contributed by atoms with van der Waals surface area (Å²) in [6.07, 6.45) is 3.12. The summed E-state index contributed by atoms with van der Waals surface area (Å²) in [7, 11) is 0. The van der Waals surface area contributed by atoms with Gasteiger partial charge in [0.25, 0.3) is 0 Å². The molecule has 0 aliphatic rings. The summed E-state index contributed by atoms with van der Waals surface area (Å²) in [6.45, 7) is 0. The van der Waals surface area contributed by atoms with Gasteiger partial charge in [0.2, 0.25) is 6.33 Å². The van der Waals surface area contributed by atoms with Crippen LogP contribution in [0.15, 0.2) is 34.2 Å². The van der Waals surface area contributed by atoms with Gasteiger partial charge in [0.15, 0.2) is 11.0 Å². The second-order valence-electron chi connectivity index (χ2n) is 3.94. The molecule has 0 bridgehead atoms. The van der Waals surface area contributed by atoms with Crippen LogP contribution in [0.1, 0.15) is 0 Å². The van der Waals surface area contributed by atoms with Crippen molar-refractivity contribution in [1.29, 1.82) is 0 Å². The van der Waals surface area contributed by atoms with Crippen LogP contribution in [0.5, 0.6) is 0 Å². The Labute approximate surface area is 130 Å². The van der Waals surface area contributed by atoms with Crippen molar-refractivity contribution >= 4 is 44.5 Å². The van der Waals surface area contributed by atoms with Crippen molar-refractivity contribution in [3.63, 3.8) is 0 Å². The van der Waals surface area contributed by atoms with Crippen LogP contribution in [-0.4, -0.2) is 35.9 Å². The third kappa shape index (κ3) is 2.59. The van der Waals surface area contributed by atoms with Crippen LogP contribution in [0.4, 0.5) is 5.95 Å². The largest absolute Gasteiger partial charge is 0.491 e. The number of hydrogen-bond acceptors (Lipinski definition) is 7. The molecule has 0 unspecified atom stereocenters. The van der Waals surface area contributed by atoms with E-state index in [1.807, 2.05) is 24.5 Å². The lowest BCUT2D eigenvalue weighted by Crippen LogP contribution is -2.03. The molecule has 1 aromatic carbocycles. The van der Waals surface area contributed by atoms with E-state index in [-0.39, 0.29) is 0 Å². The average molecular weight is 367 g/mol. The SMILES string of the molecule is CSc1nc(-n2cnc([N+](=O)[O-])n2)c2cc(Br)ccc2n1. The topological polar surface area (TPSA) is 99.6 Å². The first-order valence-electron chi connectivity index (χ1n) is 5.66. The highest BCUT2D eigenvalue weighted by Gasteiger charge is 2.18. The first-order chi connectivity index (χ1) is 10.1. The van der Waals surface area contributed by atoms with E-state index in [4.69, 9.17) is 0 Å². The number of rotatable bonds is 3. The predicted octanol–water partition coefficient (Wildman–Crippen LogP) is 2.60. The molecule has 2 heterocycles. The van der Waals surface area contributed by atoms with Crippen molar-refractivity contribution in [2.45, 2.75) is 5.16 Å². The third-order valence-corrected chi connectivity index (χ3v) is 3.70. The molecule has 10 heteroatoms. The van der Waals surface area contributed by atoms with Crippen molar-refractivity contribution in [3.05, 3.63) is 39.1 Å². The normalized spacial score (nSPS) is 11.0. The van der Waals surface area contributed by atoms with E-state index in [0.717, 1.165) is 15.4 Å². The summed E-state index contributed by atoms with van der Waals surface area (Å²) in [6, 6.07) is 5.55. The summed E-state index contributed by atoms with van der Waals surface area (Å²) in [5.41, 5.74) is 0.728. The smallest absolute Gasteiger partial charge is 0.390 e. The average Bonchev–Trinajstić information content (AvgIpc) is 2.96. The Hall–Kier alpha value is -2.07. The molecule has 8 nitrogen and oxygen atoms in total. The van der Waals surface area contributed by atoms with Crippen LogP contribution < -0.4 is 0 Å². The van der Waals surface area contributed by atoms with Gasteiger partial charge >= 0.3 is 5.95 Å². The van der Waals surface area contributed by atoms with Gasteiger partial charge in [-0.3, -0.25) is 0 Å². The molecule has 0 N–H and O–H groups in total. The van der Waals surface area contributed by atoms with Crippen LogP contribution in [0.2, 0.25) is 0 Å². The number of halogens is 1. The van der Waals surface area contributed by atoms with E-state index >= 15 is 0 Å². The van der Waals surface area contributed by atoms with Crippen LogP contribution >= 0.6 is 27.7 Å². The van der Waals surface area contributed by atoms with Gasteiger partial charge in [-0.1, -0.05) is 32.7 Å². The molecular formula is C11H7BrN6O2S. The fourth-order valence-electron chi connectivity index (χ4n) is 1.77. The van der Waals surface area contributed by atoms with Gasteiger partial charge in [0, 0.05) is 15.0 Å². The molecule has 0 amide bonds. The Morgan fingerprint density at radius 2 is 2.19 bits per heavy atom. The highest BCUT2D eigenvalue weighted by Crippen LogP contribution is 2.25. The standard InChI is InChI=1S/C11H7BrN6O2S/c1-21-11-14-8-3-2-6(12)4-7(8)9(15-11)17-5-13-10(16-17)18(19)20/h2-5H,1H3. The molecule has 0 aliphatic carbocycles. The maximum Gasteiger partial charge on any atom is 0.491 e. The van der Waals surface area contributed by atoms with Gasteiger partial charge in [-0.2, -0.15) is 0 Å². The van der Waals surface area contributed by atoms with E-state index < -0.39 is 10.9 Å². The first kappa shape index (κ1) is 13.9. The molecular weight excluding hydrogens is 360 g/mol. The van der Waals surface area contributed by atoms with Gasteiger partial charge in [0.1, 0.15) is 0 Å². The Kier molecular flexibility index (Phi) is 3.55. The summed E-state index contributed by atoms with van der Waals surface area (Å²) >= 11 is 4.77. The monoisotopic (exact) mass is 366 g/mol. The van der Waals surface area contributed by atoms with Gasteiger partial charge in [-0.25, -0.2) is 9.97 Å². The maximum atomic E-state index is 10.7. The fraction of sp³-hybridized carbons (Fsp3) is 0.0909. The number of nitro groups is 1. The first-order valence-corrected chi connectivity index (χ1v) is 7.68. The second-order valence-corrected chi connectivity index (χ2v) is 5.63. The summed E-state index contributed by atoms with van der Waals surface area (Å²) < 4.78 is 2.14. The molecule has 0 atom stereocenters. The molecule has 3 aromatic rings. The minimum atomic E-state index is -0.648. The minimum Gasteiger partial charge on any atom is -0.390 e. The van der Waals surface area contributed by atoms with Crippen molar-refractivity contribution < 1.29 is 4.92 Å². The zero-order valence-electron chi connectivity index (χ0n) is 10.6. The third-order valence-electron chi connectivity index (χ3n) is 2.66. The van der Waals surface area contributed by atoms with Gasteiger partial charge in [-0.05, 0) is 29.4 Å². The zero-order chi connectivity index (χ0) is 15.0. The van der Waals surface area contributed by atoms with Crippen molar-refractivity contribution in [2.75, 3.05) is 6.26 Å². The molecule has 2 aromatic heterocycles. The van der Waals surface area contributed by atoms with Crippen LogP contribution in [-0.2, 0) is 0 Å². The Morgan fingerprint density at radius 1 is 1.38 bits per heavy atom. The number of thioether (sulfide) groups is 1.